The van der Waals surface area contributed by atoms with Crippen molar-refractivity contribution in [2.75, 3.05) is 6.61 Å². The maximum Gasteiger partial charge on any atom is 0.117 e. The summed E-state index contributed by atoms with van der Waals surface area (Å²) in [7, 11) is 0. The van der Waals surface area contributed by atoms with Crippen molar-refractivity contribution in [3.8, 4) is 11.3 Å². The number of ether oxygens (including phenoxy) is 1. The van der Waals surface area contributed by atoms with Gasteiger partial charge in [0.2, 0.25) is 0 Å². The molecule has 0 radical (unpaired) electrons. The largest absolute Gasteiger partial charge is 0.365 e. The molecule has 1 saturated heterocycles. The monoisotopic (exact) mass is 200 g/mol. The standard InChI is InChI=1S/C12H12N2O/c1-12(8-15-12)10-7-13-14-11(10)9-5-3-2-4-6-9/h2-7H,8H2,1H3,(H,13,14). The van der Waals surface area contributed by atoms with Gasteiger partial charge in [0.05, 0.1) is 18.5 Å². The van der Waals surface area contributed by atoms with Crippen molar-refractivity contribution in [2.24, 2.45) is 0 Å². The molecule has 0 saturated carbocycles. The zero-order valence-electron chi connectivity index (χ0n) is 8.53. The van der Waals surface area contributed by atoms with E-state index in [0.29, 0.717) is 0 Å². The lowest BCUT2D eigenvalue weighted by atomic mass is 9.99. The minimum Gasteiger partial charge on any atom is -0.365 e. The fourth-order valence-electron chi connectivity index (χ4n) is 1.78. The smallest absolute Gasteiger partial charge is 0.117 e. The second-order valence-electron chi connectivity index (χ2n) is 4.04. The molecule has 2 aromatic rings. The fraction of sp³-hybridized carbons (Fsp3) is 0.250. The van der Waals surface area contributed by atoms with E-state index in [2.05, 4.69) is 29.3 Å². The maximum absolute atomic E-state index is 5.44. The summed E-state index contributed by atoms with van der Waals surface area (Å²) in [5, 5.41) is 7.14. The third-order valence-corrected chi connectivity index (χ3v) is 2.85. The van der Waals surface area contributed by atoms with E-state index in [9.17, 15) is 0 Å². The lowest BCUT2D eigenvalue weighted by molar-refractivity contribution is 0.330. The van der Waals surface area contributed by atoms with E-state index in [1.165, 1.54) is 0 Å². The summed E-state index contributed by atoms with van der Waals surface area (Å²) in [6.07, 6.45) is 1.86. The number of aromatic nitrogens is 2. The van der Waals surface area contributed by atoms with E-state index in [4.69, 9.17) is 4.74 Å². The normalized spacial score (nSPS) is 24.1. The molecule has 0 amide bonds. The van der Waals surface area contributed by atoms with Crippen LogP contribution in [0.3, 0.4) is 0 Å². The molecular formula is C12H12N2O. The quantitative estimate of drug-likeness (QED) is 0.756. The number of aromatic amines is 1. The SMILES string of the molecule is CC1(c2cn[nH]c2-c2ccccc2)CO1. The van der Waals surface area contributed by atoms with Crippen LogP contribution in [0, 0.1) is 0 Å². The molecule has 15 heavy (non-hydrogen) atoms. The average molecular weight is 200 g/mol. The van der Waals surface area contributed by atoms with Crippen LogP contribution in [0.25, 0.3) is 11.3 Å². The molecule has 1 fully saturated rings. The Balaban J connectivity index is 2.10. The zero-order valence-corrected chi connectivity index (χ0v) is 8.53. The highest BCUT2D eigenvalue weighted by molar-refractivity contribution is 5.64. The number of rotatable bonds is 2. The Bertz CT molecular complexity index is 471. The van der Waals surface area contributed by atoms with Crippen LogP contribution in [-0.4, -0.2) is 16.8 Å². The predicted molar refractivity (Wildman–Crippen MR) is 57.3 cm³/mol. The highest BCUT2D eigenvalue weighted by atomic mass is 16.6. The first-order valence-electron chi connectivity index (χ1n) is 5.03. The minimum atomic E-state index is -0.127. The number of nitrogens with one attached hydrogen (secondary N) is 1. The molecule has 3 heteroatoms. The molecule has 2 heterocycles. The van der Waals surface area contributed by atoms with Gasteiger partial charge in [-0.25, -0.2) is 0 Å². The molecular weight excluding hydrogens is 188 g/mol. The topological polar surface area (TPSA) is 41.2 Å². The van der Waals surface area contributed by atoms with Gasteiger partial charge in [-0.3, -0.25) is 5.10 Å². The Kier molecular flexibility index (Phi) is 1.70. The van der Waals surface area contributed by atoms with Gasteiger partial charge in [0.15, 0.2) is 0 Å². The second-order valence-corrected chi connectivity index (χ2v) is 4.04. The number of benzene rings is 1. The molecule has 1 aliphatic heterocycles. The molecule has 1 aromatic heterocycles. The van der Waals surface area contributed by atoms with Crippen LogP contribution in [0.5, 0.6) is 0 Å². The second kappa shape index (κ2) is 2.94. The van der Waals surface area contributed by atoms with Crippen molar-refractivity contribution in [3.05, 3.63) is 42.1 Å². The van der Waals surface area contributed by atoms with Crippen molar-refractivity contribution < 1.29 is 4.74 Å². The van der Waals surface area contributed by atoms with E-state index < -0.39 is 0 Å². The van der Waals surface area contributed by atoms with E-state index in [1.807, 2.05) is 24.4 Å². The highest BCUT2D eigenvalue weighted by Crippen LogP contribution is 2.41. The molecule has 3 nitrogen and oxygen atoms in total. The Morgan fingerprint density at radius 1 is 1.33 bits per heavy atom. The van der Waals surface area contributed by atoms with E-state index in [1.54, 1.807) is 0 Å². The molecule has 3 rings (SSSR count). The number of hydrogen-bond donors (Lipinski definition) is 1. The van der Waals surface area contributed by atoms with Gasteiger partial charge in [-0.1, -0.05) is 30.3 Å². The Labute approximate surface area is 88.1 Å². The van der Waals surface area contributed by atoms with Crippen LogP contribution in [0.2, 0.25) is 0 Å². The summed E-state index contributed by atoms with van der Waals surface area (Å²) in [4.78, 5) is 0. The highest BCUT2D eigenvalue weighted by Gasteiger charge is 2.43. The van der Waals surface area contributed by atoms with E-state index in [-0.39, 0.29) is 5.60 Å². The number of epoxide rings is 1. The van der Waals surface area contributed by atoms with E-state index in [0.717, 1.165) is 23.4 Å². The zero-order chi connectivity index (χ0) is 10.3. The summed E-state index contributed by atoms with van der Waals surface area (Å²) in [5.74, 6) is 0. The van der Waals surface area contributed by atoms with Gasteiger partial charge in [-0.2, -0.15) is 5.10 Å². The molecule has 1 unspecified atom stereocenters. The van der Waals surface area contributed by atoms with Crippen LogP contribution in [0.15, 0.2) is 36.5 Å². The Hall–Kier alpha value is -1.61. The van der Waals surface area contributed by atoms with Crippen LogP contribution >= 0.6 is 0 Å². The third kappa shape index (κ3) is 1.36. The molecule has 1 N–H and O–H groups in total. The van der Waals surface area contributed by atoms with Crippen molar-refractivity contribution in [3.63, 3.8) is 0 Å². The van der Waals surface area contributed by atoms with Gasteiger partial charge in [-0.15, -0.1) is 0 Å². The molecule has 76 valence electrons. The third-order valence-electron chi connectivity index (χ3n) is 2.85. The van der Waals surface area contributed by atoms with Crippen molar-refractivity contribution in [1.82, 2.24) is 10.2 Å². The van der Waals surface area contributed by atoms with Crippen LogP contribution < -0.4 is 0 Å². The Morgan fingerprint density at radius 2 is 2.07 bits per heavy atom. The van der Waals surface area contributed by atoms with Crippen molar-refractivity contribution in [2.45, 2.75) is 12.5 Å². The molecule has 1 atom stereocenters. The van der Waals surface area contributed by atoms with Gasteiger partial charge in [0.1, 0.15) is 5.60 Å². The average Bonchev–Trinajstić information content (AvgIpc) is 2.85. The molecule has 0 bridgehead atoms. The summed E-state index contributed by atoms with van der Waals surface area (Å²) >= 11 is 0. The number of H-pyrrole nitrogens is 1. The van der Waals surface area contributed by atoms with Gasteiger partial charge >= 0.3 is 0 Å². The number of hydrogen-bond acceptors (Lipinski definition) is 2. The van der Waals surface area contributed by atoms with Gasteiger partial charge in [0, 0.05) is 5.56 Å². The minimum absolute atomic E-state index is 0.127. The summed E-state index contributed by atoms with van der Waals surface area (Å²) in [5.41, 5.74) is 3.24. The van der Waals surface area contributed by atoms with Crippen molar-refractivity contribution >= 4 is 0 Å². The first-order chi connectivity index (χ1) is 7.30. The van der Waals surface area contributed by atoms with Gasteiger partial charge in [-0.05, 0) is 12.5 Å². The lowest BCUT2D eigenvalue weighted by Crippen LogP contribution is -2.02. The Morgan fingerprint density at radius 3 is 2.73 bits per heavy atom. The molecule has 0 aliphatic carbocycles. The molecule has 0 spiro atoms. The van der Waals surface area contributed by atoms with Crippen LogP contribution in [-0.2, 0) is 10.3 Å². The predicted octanol–water partition coefficient (Wildman–Crippen LogP) is 2.32. The first-order valence-corrected chi connectivity index (χ1v) is 5.03. The van der Waals surface area contributed by atoms with Gasteiger partial charge in [0.25, 0.3) is 0 Å². The first kappa shape index (κ1) is 8.68. The summed E-state index contributed by atoms with van der Waals surface area (Å²) in [6.45, 7) is 2.87. The van der Waals surface area contributed by atoms with Crippen LogP contribution in [0.1, 0.15) is 12.5 Å². The summed E-state index contributed by atoms with van der Waals surface area (Å²) in [6, 6.07) is 10.2. The fourth-order valence-corrected chi connectivity index (χ4v) is 1.78. The molecule has 1 aromatic carbocycles. The lowest BCUT2D eigenvalue weighted by Gasteiger charge is -2.05. The van der Waals surface area contributed by atoms with Crippen molar-refractivity contribution in [1.29, 1.82) is 0 Å². The summed E-state index contributed by atoms with van der Waals surface area (Å²) < 4.78 is 5.44. The maximum atomic E-state index is 5.44. The van der Waals surface area contributed by atoms with E-state index >= 15 is 0 Å². The molecule has 1 aliphatic rings. The van der Waals surface area contributed by atoms with Crippen LogP contribution in [0.4, 0.5) is 0 Å². The van der Waals surface area contributed by atoms with Gasteiger partial charge < -0.3 is 4.74 Å². The number of nitrogens with zero attached hydrogens (tertiary/aromatic N) is 1.